The van der Waals surface area contributed by atoms with E-state index < -0.39 is 90.1 Å². The zero-order valence-electron chi connectivity index (χ0n) is 65.0. The van der Waals surface area contributed by atoms with E-state index in [0.29, 0.717) is 47.1 Å². The van der Waals surface area contributed by atoms with Crippen molar-refractivity contribution in [3.05, 3.63) is 204 Å². The lowest BCUT2D eigenvalue weighted by Crippen LogP contribution is -2.53. The highest BCUT2D eigenvalue weighted by atomic mass is 16.6. The molecule has 0 saturated carbocycles. The molecule has 5 amide bonds. The molecule has 7 N–H and O–H groups in total. The predicted octanol–water partition coefficient (Wildman–Crippen LogP) is 14.6. The summed E-state index contributed by atoms with van der Waals surface area (Å²) in [6.07, 6.45) is 17.9. The summed E-state index contributed by atoms with van der Waals surface area (Å²) in [6.45, 7) is 23.2. The summed E-state index contributed by atoms with van der Waals surface area (Å²) in [4.78, 5) is 121. The Morgan fingerprint density at radius 2 is 0.761 bits per heavy atom. The van der Waals surface area contributed by atoms with Gasteiger partial charge in [-0.05, 0) is 126 Å². The number of hydrogen-bond donors (Lipinski definition) is 7. The van der Waals surface area contributed by atoms with Gasteiger partial charge in [0.05, 0.1) is 26.1 Å². The number of ether oxygens (including phenoxy) is 3. The van der Waals surface area contributed by atoms with Gasteiger partial charge >= 0.3 is 17.9 Å². The number of nitrogens with zero attached hydrogens (tertiary/aromatic N) is 4. The Kier molecular flexibility index (Phi) is 32.2. The van der Waals surface area contributed by atoms with Crippen molar-refractivity contribution in [1.29, 1.82) is 0 Å². The number of esters is 1. The van der Waals surface area contributed by atoms with Gasteiger partial charge in [-0.3, -0.25) is 28.8 Å². The number of carboxylic acid groups (broad SMARTS) is 2. The fourth-order valence-corrected chi connectivity index (χ4v) is 11.5. The molecule has 0 aliphatic heterocycles. The van der Waals surface area contributed by atoms with Crippen LogP contribution in [-0.4, -0.2) is 128 Å². The van der Waals surface area contributed by atoms with Gasteiger partial charge in [-0.15, -0.1) is 0 Å². The first kappa shape index (κ1) is 85.1. The smallest absolute Gasteiger partial charge is 0.329 e. The fourth-order valence-electron chi connectivity index (χ4n) is 11.5. The summed E-state index contributed by atoms with van der Waals surface area (Å²) in [5, 5.41) is 32.0. The standard InChI is InChI=1S/C45H56N4O7.C42H51N5O6/c1-8-9-10-11-12-25-55-36-23-19-31(20-24-36)34-28-46-40(47-29-34)32-15-13-30(14-16-32)26-37(48-41(52)33-17-21-35(22-18-33)44(2,3)4)42(53)49-38(27-39(50)51)43(54)56-45(5,6)7;1-6-7-8-9-10-23-53-34-21-17-29(18-22-34)32-26-44-38(45-27-32)30-13-11-28(12-14-30)24-35(40(50)47-36(41(51)52)25-37(48)43-5)46-39(49)31-15-19-33(20-16-31)42(2,3)4/h13-24,28-29,37-38H,8-12,25-27H2,1-7H3,(H,48,52)(H,49,53)(H,50,51);11-22,26-27,35-36H,6-10,23-25H2,1-5H3,(H,43,48)(H,46,49)(H,47,50)(H,51,52)/t37-,38-;35-,36-/m00/s1. The second-order valence-electron chi connectivity index (χ2n) is 30.1. The number of carbonyl (C=O) groups is 8. The molecule has 0 unspecified atom stereocenters. The normalized spacial score (nSPS) is 12.5. The molecule has 0 fully saturated rings. The minimum atomic E-state index is -1.48. The molecule has 4 atom stereocenters. The Balaban J connectivity index is 0.000000304. The van der Waals surface area contributed by atoms with E-state index >= 15 is 0 Å². The SMILES string of the molecule is CCCCCCCOc1ccc(-c2cnc(-c3ccc(C[C@H](NC(=O)c4ccc(C(C)(C)C)cc4)C(=O)N[C@@H](CC(=O)NC)C(=O)O)cc3)nc2)cc1.CCCCCCCOc1ccc(-c2cnc(-c3ccc(C[C@H](NC(=O)c4ccc(C(C)(C)C)cc4)C(=O)N[C@@H](CC(=O)O)C(=O)OC(C)(C)C)cc3)nc2)cc1. The largest absolute Gasteiger partial charge is 0.494 e. The van der Waals surface area contributed by atoms with Gasteiger partial charge in [-0.2, -0.15) is 0 Å². The van der Waals surface area contributed by atoms with Crippen LogP contribution in [0.1, 0.15) is 196 Å². The Morgan fingerprint density at radius 1 is 0.404 bits per heavy atom. The first-order chi connectivity index (χ1) is 51.9. The monoisotopic (exact) mass is 1490 g/mol. The Morgan fingerprint density at radius 3 is 1.09 bits per heavy atom. The third kappa shape index (κ3) is 28.2. The van der Waals surface area contributed by atoms with Crippen molar-refractivity contribution >= 4 is 47.4 Å². The number of hydrogen-bond acceptors (Lipinski definition) is 15. The maximum absolute atomic E-state index is 13.8. The van der Waals surface area contributed by atoms with Gasteiger partial charge in [-0.25, -0.2) is 29.5 Å². The van der Waals surface area contributed by atoms with E-state index in [1.165, 1.54) is 58.4 Å². The van der Waals surface area contributed by atoms with Crippen LogP contribution >= 0.6 is 0 Å². The second kappa shape index (κ2) is 41.3. The summed E-state index contributed by atoms with van der Waals surface area (Å²) >= 11 is 0. The minimum absolute atomic E-state index is 0.0460. The van der Waals surface area contributed by atoms with Crippen molar-refractivity contribution in [2.24, 2.45) is 0 Å². The van der Waals surface area contributed by atoms with Crippen molar-refractivity contribution in [2.45, 2.75) is 207 Å². The molecule has 0 saturated heterocycles. The number of carbonyl (C=O) groups excluding carboxylic acids is 6. The van der Waals surface area contributed by atoms with Crippen LogP contribution in [0, 0.1) is 0 Å². The summed E-state index contributed by atoms with van der Waals surface area (Å²) in [7, 11) is 1.38. The van der Waals surface area contributed by atoms with Crippen LogP contribution in [0.15, 0.2) is 170 Å². The van der Waals surface area contributed by atoms with Gasteiger partial charge in [0, 0.05) is 78.1 Å². The van der Waals surface area contributed by atoms with E-state index in [2.05, 4.69) is 102 Å². The molecule has 0 aliphatic carbocycles. The van der Waals surface area contributed by atoms with Crippen molar-refractivity contribution in [3.8, 4) is 56.5 Å². The van der Waals surface area contributed by atoms with E-state index in [4.69, 9.17) is 14.2 Å². The second-order valence-corrected chi connectivity index (χ2v) is 30.1. The highest BCUT2D eigenvalue weighted by molar-refractivity contribution is 6.00. The van der Waals surface area contributed by atoms with Crippen LogP contribution in [0.25, 0.3) is 45.0 Å². The molecule has 22 nitrogen and oxygen atoms in total. The molecular weight excluding hydrogens is 1380 g/mol. The highest BCUT2D eigenvalue weighted by Gasteiger charge is 2.33. The number of unbranched alkanes of at least 4 members (excludes halogenated alkanes) is 8. The highest BCUT2D eigenvalue weighted by Crippen LogP contribution is 2.29. The number of amides is 5. The predicted molar refractivity (Wildman–Crippen MR) is 423 cm³/mol. The number of carboxylic acids is 2. The Labute approximate surface area is 640 Å². The number of nitrogens with one attached hydrogen (secondary N) is 5. The summed E-state index contributed by atoms with van der Waals surface area (Å²) in [6, 6.07) is 39.3. The quantitative estimate of drug-likeness (QED) is 0.0142. The van der Waals surface area contributed by atoms with Gasteiger partial charge in [0.1, 0.15) is 41.3 Å². The zero-order valence-corrected chi connectivity index (χ0v) is 65.0. The van der Waals surface area contributed by atoms with Crippen molar-refractivity contribution in [3.63, 3.8) is 0 Å². The van der Waals surface area contributed by atoms with Crippen LogP contribution < -0.4 is 36.1 Å². The number of aromatic nitrogens is 4. The lowest BCUT2D eigenvalue weighted by atomic mass is 9.86. The molecule has 0 spiro atoms. The Bertz CT molecular complexity index is 4250. The third-order valence-electron chi connectivity index (χ3n) is 18.0. The van der Waals surface area contributed by atoms with E-state index in [1.807, 2.05) is 109 Å². The molecule has 22 heteroatoms. The summed E-state index contributed by atoms with van der Waals surface area (Å²) in [5.74, 6) is -3.85. The van der Waals surface area contributed by atoms with E-state index in [0.717, 1.165) is 68.8 Å². The molecule has 0 radical (unpaired) electrons. The van der Waals surface area contributed by atoms with Crippen molar-refractivity contribution in [2.75, 3.05) is 20.3 Å². The van der Waals surface area contributed by atoms with Crippen molar-refractivity contribution < 1.29 is 62.8 Å². The lowest BCUT2D eigenvalue weighted by Gasteiger charge is -2.26. The average molecular weight is 1490 g/mol. The molecule has 2 aromatic heterocycles. The fraction of sp³-hybridized carbons (Fsp3) is 0.402. The minimum Gasteiger partial charge on any atom is -0.494 e. The summed E-state index contributed by atoms with van der Waals surface area (Å²) in [5.41, 5.74) is 8.22. The maximum Gasteiger partial charge on any atom is 0.329 e. The first-order valence-corrected chi connectivity index (χ1v) is 37.5. The van der Waals surface area contributed by atoms with E-state index in [1.54, 1.807) is 82.0 Å². The molecule has 8 rings (SSSR count). The maximum atomic E-state index is 13.8. The number of rotatable bonds is 36. The molecule has 0 bridgehead atoms. The van der Waals surface area contributed by atoms with Crippen LogP contribution in [0.5, 0.6) is 11.5 Å². The average Bonchev–Trinajstić information content (AvgIpc) is 0.839. The van der Waals surface area contributed by atoms with Gasteiger partial charge in [0.2, 0.25) is 17.7 Å². The van der Waals surface area contributed by atoms with E-state index in [9.17, 15) is 48.6 Å². The van der Waals surface area contributed by atoms with Gasteiger partial charge in [0.15, 0.2) is 11.6 Å². The van der Waals surface area contributed by atoms with Crippen LogP contribution in [0.2, 0.25) is 0 Å². The Hall–Kier alpha value is -11.2. The lowest BCUT2D eigenvalue weighted by molar-refractivity contribution is -0.161. The molecule has 109 heavy (non-hydrogen) atoms. The number of aliphatic carboxylic acids is 2. The molecule has 6 aromatic carbocycles. The van der Waals surface area contributed by atoms with E-state index in [-0.39, 0.29) is 23.7 Å². The zero-order chi connectivity index (χ0) is 79.3. The van der Waals surface area contributed by atoms with Crippen molar-refractivity contribution in [1.82, 2.24) is 46.5 Å². The van der Waals surface area contributed by atoms with Gasteiger partial charge in [-0.1, -0.05) is 204 Å². The van der Waals surface area contributed by atoms with Gasteiger partial charge in [0.25, 0.3) is 11.8 Å². The third-order valence-corrected chi connectivity index (χ3v) is 18.0. The van der Waals surface area contributed by atoms with Crippen LogP contribution in [-0.2, 0) is 57.2 Å². The first-order valence-electron chi connectivity index (χ1n) is 37.5. The molecule has 8 aromatic rings. The van der Waals surface area contributed by atoms with Gasteiger partial charge < -0.3 is 51.0 Å². The molecule has 0 aliphatic rings. The number of benzene rings is 6. The summed E-state index contributed by atoms with van der Waals surface area (Å²) < 4.78 is 17.2. The molecule has 578 valence electrons. The van der Waals surface area contributed by atoms with Crippen LogP contribution in [0.3, 0.4) is 0 Å². The molecular formula is C87H107N9O13. The topological polar surface area (TPSA) is 316 Å². The molecule has 2 heterocycles. The van der Waals surface area contributed by atoms with Crippen LogP contribution in [0.4, 0.5) is 0 Å².